The van der Waals surface area contributed by atoms with Crippen LogP contribution in [0.2, 0.25) is 0 Å². The molecule has 2 saturated heterocycles. The number of piperazine rings is 1. The van der Waals surface area contributed by atoms with Crippen molar-refractivity contribution in [2.75, 3.05) is 33.2 Å². The van der Waals surface area contributed by atoms with Crippen molar-refractivity contribution in [3.63, 3.8) is 0 Å². The van der Waals surface area contributed by atoms with Crippen LogP contribution in [0.5, 0.6) is 0 Å². The van der Waals surface area contributed by atoms with Crippen molar-refractivity contribution in [2.24, 2.45) is 0 Å². The van der Waals surface area contributed by atoms with Crippen LogP contribution in [0.25, 0.3) is 0 Å². The van der Waals surface area contributed by atoms with Gasteiger partial charge in [-0.25, -0.2) is 0 Å². The molecule has 0 spiro atoms. The molecule has 1 aromatic rings. The van der Waals surface area contributed by atoms with Crippen molar-refractivity contribution < 1.29 is 14.4 Å². The third-order valence-corrected chi connectivity index (χ3v) is 5.94. The molecule has 150 valence electrons. The summed E-state index contributed by atoms with van der Waals surface area (Å²) in [6.07, 6.45) is 0.665. The molecule has 2 atom stereocenters. The third-order valence-electron chi connectivity index (χ3n) is 5.94. The first-order valence-electron chi connectivity index (χ1n) is 9.91. The summed E-state index contributed by atoms with van der Waals surface area (Å²) < 4.78 is 0. The van der Waals surface area contributed by atoms with E-state index in [-0.39, 0.29) is 24.1 Å². The van der Waals surface area contributed by atoms with Gasteiger partial charge in [0, 0.05) is 57.3 Å². The zero-order valence-corrected chi connectivity index (χ0v) is 16.2. The highest BCUT2D eigenvalue weighted by Gasteiger charge is 2.39. The van der Waals surface area contributed by atoms with Gasteiger partial charge >= 0.3 is 0 Å². The number of benzene rings is 1. The Hall–Kier alpha value is -2.29. The third kappa shape index (κ3) is 3.80. The lowest BCUT2D eigenvalue weighted by molar-refractivity contribution is -0.136. The molecule has 28 heavy (non-hydrogen) atoms. The fourth-order valence-corrected chi connectivity index (χ4v) is 4.21. The van der Waals surface area contributed by atoms with E-state index in [1.165, 1.54) is 0 Å². The minimum absolute atomic E-state index is 0.126. The fraction of sp³-hybridized carbons (Fsp3) is 0.550. The van der Waals surface area contributed by atoms with E-state index in [0.717, 1.165) is 43.9 Å². The maximum absolute atomic E-state index is 12.7. The predicted molar refractivity (Wildman–Crippen MR) is 103 cm³/mol. The summed E-state index contributed by atoms with van der Waals surface area (Å²) in [5.74, 6) is -0.763. The van der Waals surface area contributed by atoms with Gasteiger partial charge in [0.05, 0.1) is 0 Å². The molecule has 3 amide bonds. The molecule has 8 heteroatoms. The van der Waals surface area contributed by atoms with Gasteiger partial charge in [0.15, 0.2) is 0 Å². The number of likely N-dealkylation sites (N-methyl/N-ethyl adjacent to an activating group) is 1. The van der Waals surface area contributed by atoms with E-state index in [1.807, 2.05) is 12.1 Å². The van der Waals surface area contributed by atoms with Crippen LogP contribution in [0, 0.1) is 0 Å². The summed E-state index contributed by atoms with van der Waals surface area (Å²) >= 11 is 0. The van der Waals surface area contributed by atoms with Crippen LogP contribution in [0.1, 0.15) is 34.3 Å². The first-order chi connectivity index (χ1) is 13.5. The molecule has 3 aliphatic rings. The Labute approximate surface area is 164 Å². The van der Waals surface area contributed by atoms with Crippen molar-refractivity contribution in [1.29, 1.82) is 0 Å². The molecule has 4 rings (SSSR count). The smallest absolute Gasteiger partial charge is 0.255 e. The first-order valence-corrected chi connectivity index (χ1v) is 9.91. The molecular formula is C20H27N5O3. The summed E-state index contributed by atoms with van der Waals surface area (Å²) in [4.78, 5) is 40.2. The van der Waals surface area contributed by atoms with E-state index in [1.54, 1.807) is 4.90 Å². The van der Waals surface area contributed by atoms with Crippen LogP contribution in [-0.4, -0.2) is 72.8 Å². The number of hydrogen-bond acceptors (Lipinski definition) is 6. The second kappa shape index (κ2) is 7.98. The average molecular weight is 385 g/mol. The molecule has 2 fully saturated rings. The Morgan fingerprint density at radius 2 is 2.11 bits per heavy atom. The standard InChI is InChI=1S/C20H27N5O3/c1-24-7-6-21-10-15(24)11-22-9-13-2-3-16-14(8-13)12-25(20(16)28)17-4-5-18(26)23-19(17)27/h2-3,8,15,17,21-22H,4-7,9-12H2,1H3,(H,23,26,27). The zero-order chi connectivity index (χ0) is 19.7. The minimum Gasteiger partial charge on any atom is -0.322 e. The highest BCUT2D eigenvalue weighted by molar-refractivity contribution is 6.05. The number of carbonyl (C=O) groups is 3. The van der Waals surface area contributed by atoms with Crippen LogP contribution in [0.3, 0.4) is 0 Å². The van der Waals surface area contributed by atoms with Gasteiger partial charge in [-0.2, -0.15) is 0 Å². The number of rotatable bonds is 5. The summed E-state index contributed by atoms with van der Waals surface area (Å²) in [5, 5.41) is 9.26. The molecular weight excluding hydrogens is 358 g/mol. The Morgan fingerprint density at radius 3 is 2.89 bits per heavy atom. The van der Waals surface area contributed by atoms with Gasteiger partial charge in [0.2, 0.25) is 11.8 Å². The number of imide groups is 1. The van der Waals surface area contributed by atoms with Crippen molar-refractivity contribution in [3.8, 4) is 0 Å². The van der Waals surface area contributed by atoms with E-state index < -0.39 is 6.04 Å². The van der Waals surface area contributed by atoms with E-state index in [9.17, 15) is 14.4 Å². The molecule has 0 radical (unpaired) electrons. The van der Waals surface area contributed by atoms with Crippen LogP contribution in [0.4, 0.5) is 0 Å². The molecule has 0 aromatic heterocycles. The highest BCUT2D eigenvalue weighted by Crippen LogP contribution is 2.28. The second-order valence-electron chi connectivity index (χ2n) is 7.86. The average Bonchev–Trinajstić information content (AvgIpc) is 2.99. The molecule has 3 heterocycles. The number of amides is 3. The van der Waals surface area contributed by atoms with Gasteiger partial charge in [0.1, 0.15) is 6.04 Å². The zero-order valence-electron chi connectivity index (χ0n) is 16.2. The van der Waals surface area contributed by atoms with Crippen molar-refractivity contribution in [1.82, 2.24) is 25.8 Å². The molecule has 0 aliphatic carbocycles. The lowest BCUT2D eigenvalue weighted by Gasteiger charge is -2.33. The number of carbonyl (C=O) groups excluding carboxylic acids is 3. The van der Waals surface area contributed by atoms with E-state index in [4.69, 9.17) is 0 Å². The first kappa shape index (κ1) is 19.0. The van der Waals surface area contributed by atoms with E-state index in [0.29, 0.717) is 24.6 Å². The summed E-state index contributed by atoms with van der Waals surface area (Å²) in [5.41, 5.74) is 2.73. The van der Waals surface area contributed by atoms with Crippen molar-refractivity contribution in [2.45, 2.75) is 38.0 Å². The minimum atomic E-state index is -0.562. The highest BCUT2D eigenvalue weighted by atomic mass is 16.2. The lowest BCUT2D eigenvalue weighted by atomic mass is 10.0. The number of nitrogens with one attached hydrogen (secondary N) is 3. The van der Waals surface area contributed by atoms with Crippen molar-refractivity contribution in [3.05, 3.63) is 34.9 Å². The molecule has 3 aliphatic heterocycles. The number of piperidine rings is 1. The van der Waals surface area contributed by atoms with Gasteiger partial charge in [-0.1, -0.05) is 12.1 Å². The summed E-state index contributed by atoms with van der Waals surface area (Å²) in [6.45, 7) is 5.15. The van der Waals surface area contributed by atoms with Gasteiger partial charge < -0.3 is 15.5 Å². The van der Waals surface area contributed by atoms with Crippen molar-refractivity contribution >= 4 is 17.7 Å². The largest absolute Gasteiger partial charge is 0.322 e. The normalized spacial score (nSPS) is 25.8. The van der Waals surface area contributed by atoms with Gasteiger partial charge in [-0.3, -0.25) is 24.6 Å². The van der Waals surface area contributed by atoms with Crippen LogP contribution in [0.15, 0.2) is 18.2 Å². The molecule has 0 bridgehead atoms. The quantitative estimate of drug-likeness (QED) is 0.589. The van der Waals surface area contributed by atoms with Gasteiger partial charge in [-0.15, -0.1) is 0 Å². The molecule has 0 saturated carbocycles. The Balaban J connectivity index is 1.37. The molecule has 8 nitrogen and oxygen atoms in total. The van der Waals surface area contributed by atoms with Gasteiger partial charge in [0.25, 0.3) is 5.91 Å². The Kier molecular flexibility index (Phi) is 5.43. The number of nitrogens with zero attached hydrogens (tertiary/aromatic N) is 2. The number of hydrogen-bond donors (Lipinski definition) is 3. The summed E-state index contributed by atoms with van der Waals surface area (Å²) in [6, 6.07) is 5.80. The maximum atomic E-state index is 12.7. The molecule has 3 N–H and O–H groups in total. The SMILES string of the molecule is CN1CCNCC1CNCc1ccc2c(c1)CN(C1CCC(=O)NC1=O)C2=O. The monoisotopic (exact) mass is 385 g/mol. The van der Waals surface area contributed by atoms with Gasteiger partial charge in [-0.05, 0) is 30.7 Å². The Bertz CT molecular complexity index is 796. The fourth-order valence-electron chi connectivity index (χ4n) is 4.21. The molecule has 2 unspecified atom stereocenters. The van der Waals surface area contributed by atoms with E-state index >= 15 is 0 Å². The van der Waals surface area contributed by atoms with E-state index in [2.05, 4.69) is 34.0 Å². The Morgan fingerprint density at radius 1 is 1.25 bits per heavy atom. The van der Waals surface area contributed by atoms with Crippen LogP contribution < -0.4 is 16.0 Å². The summed E-state index contributed by atoms with van der Waals surface area (Å²) in [7, 11) is 2.15. The topological polar surface area (TPSA) is 93.8 Å². The molecule has 1 aromatic carbocycles. The second-order valence-corrected chi connectivity index (χ2v) is 7.86. The number of fused-ring (bicyclic) bond motifs is 1. The van der Waals surface area contributed by atoms with Crippen LogP contribution in [-0.2, 0) is 22.7 Å². The predicted octanol–water partition coefficient (Wildman–Crippen LogP) is -0.559. The van der Waals surface area contributed by atoms with Crippen LogP contribution >= 0.6 is 0 Å². The maximum Gasteiger partial charge on any atom is 0.255 e. The lowest BCUT2D eigenvalue weighted by Crippen LogP contribution is -2.53.